The van der Waals surface area contributed by atoms with Gasteiger partial charge in [0.15, 0.2) is 0 Å². The lowest BCUT2D eigenvalue weighted by atomic mass is 10.2. The molecule has 6 heteroatoms. The Bertz CT molecular complexity index is 554. The molecular weight excluding hydrogens is 311 g/mol. The predicted octanol–water partition coefficient (Wildman–Crippen LogP) is 4.53. The van der Waals surface area contributed by atoms with Gasteiger partial charge < -0.3 is 5.32 Å². The highest BCUT2D eigenvalue weighted by Crippen LogP contribution is 2.38. The summed E-state index contributed by atoms with van der Waals surface area (Å²) >= 11 is 19.7. The normalized spacial score (nSPS) is 10.9. The SMILES string of the molecule is CNCCc1nc(-c2ccc(Cl)c(Cl)c2Cl)cs1. The highest BCUT2D eigenvalue weighted by Gasteiger charge is 2.13. The molecule has 0 fully saturated rings. The van der Waals surface area contributed by atoms with Crippen LogP contribution >= 0.6 is 46.1 Å². The van der Waals surface area contributed by atoms with E-state index in [9.17, 15) is 0 Å². The van der Waals surface area contributed by atoms with Gasteiger partial charge in [-0.3, -0.25) is 0 Å². The second-order valence-electron chi connectivity index (χ2n) is 3.70. The van der Waals surface area contributed by atoms with Crippen molar-refractivity contribution in [2.45, 2.75) is 6.42 Å². The van der Waals surface area contributed by atoms with E-state index in [1.165, 1.54) is 0 Å². The molecule has 18 heavy (non-hydrogen) atoms. The van der Waals surface area contributed by atoms with E-state index in [4.69, 9.17) is 34.8 Å². The van der Waals surface area contributed by atoms with Crippen molar-refractivity contribution in [1.82, 2.24) is 10.3 Å². The van der Waals surface area contributed by atoms with Crippen molar-refractivity contribution in [3.8, 4) is 11.3 Å². The van der Waals surface area contributed by atoms with Gasteiger partial charge in [0.2, 0.25) is 0 Å². The third-order valence-corrected chi connectivity index (χ3v) is 4.65. The maximum atomic E-state index is 6.18. The Kier molecular flexibility index (Phi) is 4.87. The topological polar surface area (TPSA) is 24.9 Å². The standard InChI is InChI=1S/C12H11Cl3N2S/c1-16-5-4-10-17-9(6-18-10)7-2-3-8(13)12(15)11(7)14/h2-3,6,16H,4-5H2,1H3. The van der Waals surface area contributed by atoms with Gasteiger partial charge in [0, 0.05) is 23.9 Å². The van der Waals surface area contributed by atoms with E-state index in [0.29, 0.717) is 15.1 Å². The first-order chi connectivity index (χ1) is 8.63. The first-order valence-electron chi connectivity index (χ1n) is 5.36. The van der Waals surface area contributed by atoms with Crippen molar-refractivity contribution in [3.63, 3.8) is 0 Å². The third kappa shape index (κ3) is 2.98. The number of nitrogens with one attached hydrogen (secondary N) is 1. The van der Waals surface area contributed by atoms with Crippen LogP contribution in [0.4, 0.5) is 0 Å². The summed E-state index contributed by atoms with van der Waals surface area (Å²) in [5.41, 5.74) is 1.66. The fraction of sp³-hybridized carbons (Fsp3) is 0.250. The average molecular weight is 322 g/mol. The van der Waals surface area contributed by atoms with Crippen LogP contribution in [-0.2, 0) is 6.42 Å². The summed E-state index contributed by atoms with van der Waals surface area (Å²) in [6.45, 7) is 0.905. The zero-order chi connectivity index (χ0) is 13.1. The number of thiazole rings is 1. The van der Waals surface area contributed by atoms with E-state index in [0.717, 1.165) is 29.2 Å². The average Bonchev–Trinajstić information content (AvgIpc) is 2.82. The van der Waals surface area contributed by atoms with Gasteiger partial charge in [-0.25, -0.2) is 4.98 Å². The summed E-state index contributed by atoms with van der Waals surface area (Å²) in [6, 6.07) is 3.57. The number of nitrogens with zero attached hydrogens (tertiary/aromatic N) is 1. The van der Waals surface area contributed by atoms with Gasteiger partial charge in [0.1, 0.15) is 0 Å². The van der Waals surface area contributed by atoms with Crippen LogP contribution in [0, 0.1) is 0 Å². The summed E-state index contributed by atoms with van der Waals surface area (Å²) in [5, 5.41) is 7.43. The van der Waals surface area contributed by atoms with E-state index in [1.807, 2.05) is 18.5 Å². The molecule has 0 radical (unpaired) electrons. The molecule has 0 saturated heterocycles. The van der Waals surface area contributed by atoms with Crippen molar-refractivity contribution >= 4 is 46.1 Å². The number of likely N-dealkylation sites (N-methyl/N-ethyl adjacent to an activating group) is 1. The molecule has 2 nitrogen and oxygen atoms in total. The van der Waals surface area contributed by atoms with Crippen LogP contribution in [-0.4, -0.2) is 18.6 Å². The Morgan fingerprint density at radius 3 is 2.72 bits per heavy atom. The highest BCUT2D eigenvalue weighted by molar-refractivity contribution is 7.10. The number of halogens is 3. The maximum Gasteiger partial charge on any atom is 0.0945 e. The van der Waals surface area contributed by atoms with Gasteiger partial charge in [0.25, 0.3) is 0 Å². The molecule has 1 heterocycles. The van der Waals surface area contributed by atoms with E-state index in [2.05, 4.69) is 10.3 Å². The zero-order valence-electron chi connectivity index (χ0n) is 9.64. The third-order valence-electron chi connectivity index (χ3n) is 2.45. The van der Waals surface area contributed by atoms with Crippen LogP contribution < -0.4 is 5.32 Å². The molecule has 0 aliphatic carbocycles. The van der Waals surface area contributed by atoms with Crippen molar-refractivity contribution in [1.29, 1.82) is 0 Å². The number of benzene rings is 1. The molecule has 0 bridgehead atoms. The summed E-state index contributed by atoms with van der Waals surface area (Å²) in [4.78, 5) is 4.54. The molecule has 1 aromatic heterocycles. The van der Waals surface area contributed by atoms with E-state index in [-0.39, 0.29) is 0 Å². The van der Waals surface area contributed by atoms with Gasteiger partial charge in [-0.05, 0) is 19.2 Å². The molecule has 0 aliphatic heterocycles. The Morgan fingerprint density at radius 2 is 2.00 bits per heavy atom. The van der Waals surface area contributed by atoms with Crippen LogP contribution in [0.15, 0.2) is 17.5 Å². The van der Waals surface area contributed by atoms with Gasteiger partial charge in [-0.2, -0.15) is 0 Å². The highest BCUT2D eigenvalue weighted by atomic mass is 35.5. The van der Waals surface area contributed by atoms with Crippen molar-refractivity contribution in [2.24, 2.45) is 0 Å². The second kappa shape index (κ2) is 6.22. The molecule has 2 rings (SSSR count). The molecule has 1 aromatic carbocycles. The van der Waals surface area contributed by atoms with Crippen molar-refractivity contribution in [3.05, 3.63) is 37.6 Å². The second-order valence-corrected chi connectivity index (χ2v) is 5.81. The van der Waals surface area contributed by atoms with Crippen molar-refractivity contribution < 1.29 is 0 Å². The van der Waals surface area contributed by atoms with Crippen LogP contribution in [0.1, 0.15) is 5.01 Å². The lowest BCUT2D eigenvalue weighted by molar-refractivity contribution is 0.788. The van der Waals surface area contributed by atoms with Gasteiger partial charge >= 0.3 is 0 Å². The van der Waals surface area contributed by atoms with Crippen LogP contribution in [0.3, 0.4) is 0 Å². The fourth-order valence-electron chi connectivity index (χ4n) is 1.51. The number of aromatic nitrogens is 1. The Morgan fingerprint density at radius 1 is 1.22 bits per heavy atom. The van der Waals surface area contributed by atoms with Gasteiger partial charge in [-0.15, -0.1) is 11.3 Å². The molecule has 0 spiro atoms. The quantitative estimate of drug-likeness (QED) is 0.837. The molecule has 0 unspecified atom stereocenters. The smallest absolute Gasteiger partial charge is 0.0945 e. The minimum Gasteiger partial charge on any atom is -0.319 e. The summed E-state index contributed by atoms with van der Waals surface area (Å²) in [5.74, 6) is 0. The Balaban J connectivity index is 2.31. The molecule has 0 amide bonds. The molecule has 0 aliphatic rings. The molecule has 0 saturated carbocycles. The summed E-state index contributed by atoms with van der Waals surface area (Å²) in [7, 11) is 1.92. The molecule has 0 atom stereocenters. The van der Waals surface area contributed by atoms with Crippen LogP contribution in [0.25, 0.3) is 11.3 Å². The van der Waals surface area contributed by atoms with Crippen LogP contribution in [0.5, 0.6) is 0 Å². The minimum atomic E-state index is 0.376. The Hall–Kier alpha value is -0.320. The van der Waals surface area contributed by atoms with E-state index < -0.39 is 0 Å². The van der Waals surface area contributed by atoms with E-state index in [1.54, 1.807) is 17.4 Å². The summed E-state index contributed by atoms with van der Waals surface area (Å²) < 4.78 is 0. The van der Waals surface area contributed by atoms with Crippen molar-refractivity contribution in [2.75, 3.05) is 13.6 Å². The monoisotopic (exact) mass is 320 g/mol. The molecular formula is C12H11Cl3N2S. The molecule has 96 valence electrons. The van der Waals surface area contributed by atoms with E-state index >= 15 is 0 Å². The zero-order valence-corrected chi connectivity index (χ0v) is 12.7. The maximum absolute atomic E-state index is 6.18. The predicted molar refractivity (Wildman–Crippen MR) is 80.2 cm³/mol. The van der Waals surface area contributed by atoms with Gasteiger partial charge in [-0.1, -0.05) is 34.8 Å². The Labute approximate surface area is 125 Å². The lowest BCUT2D eigenvalue weighted by Gasteiger charge is -2.04. The number of hydrogen-bond acceptors (Lipinski definition) is 3. The fourth-order valence-corrected chi connectivity index (χ4v) is 2.94. The lowest BCUT2D eigenvalue weighted by Crippen LogP contribution is -2.09. The summed E-state index contributed by atoms with van der Waals surface area (Å²) in [6.07, 6.45) is 0.903. The molecule has 1 N–H and O–H groups in total. The first-order valence-corrected chi connectivity index (χ1v) is 7.37. The molecule has 2 aromatic rings. The largest absolute Gasteiger partial charge is 0.319 e. The van der Waals surface area contributed by atoms with Crippen LogP contribution in [0.2, 0.25) is 15.1 Å². The number of rotatable bonds is 4. The first kappa shape index (κ1) is 14.1. The number of hydrogen-bond donors (Lipinski definition) is 1. The van der Waals surface area contributed by atoms with Gasteiger partial charge in [0.05, 0.1) is 25.8 Å². The minimum absolute atomic E-state index is 0.376.